The zero-order valence-corrected chi connectivity index (χ0v) is 10.3. The summed E-state index contributed by atoms with van der Waals surface area (Å²) in [5, 5.41) is 3.91. The molecule has 0 saturated heterocycles. The van der Waals surface area contributed by atoms with E-state index in [2.05, 4.69) is 18.9 Å². The summed E-state index contributed by atoms with van der Waals surface area (Å²) in [7, 11) is 0. The second kappa shape index (κ2) is 4.52. The van der Waals surface area contributed by atoms with E-state index in [0.29, 0.717) is 10.1 Å². The van der Waals surface area contributed by atoms with Gasteiger partial charge in [-0.2, -0.15) is 4.37 Å². The van der Waals surface area contributed by atoms with E-state index in [4.69, 9.17) is 11.6 Å². The molecular formula is C6H5ClN4S3. The fourth-order valence-electron chi connectivity index (χ4n) is 0.750. The van der Waals surface area contributed by atoms with Gasteiger partial charge in [0.25, 0.3) is 0 Å². The van der Waals surface area contributed by atoms with E-state index in [-0.39, 0.29) is 0 Å². The molecule has 2 aromatic heterocycles. The summed E-state index contributed by atoms with van der Waals surface area (Å²) >= 11 is 10.0. The summed E-state index contributed by atoms with van der Waals surface area (Å²) in [6.07, 6.45) is 0. The van der Waals surface area contributed by atoms with E-state index in [9.17, 15) is 0 Å². The molecule has 0 atom stereocenters. The molecule has 4 nitrogen and oxygen atoms in total. The number of hydrogen-bond donors (Lipinski definition) is 0. The number of nitrogens with zero attached hydrogens (tertiary/aromatic N) is 4. The highest BCUT2D eigenvalue weighted by molar-refractivity contribution is 8.00. The van der Waals surface area contributed by atoms with Crippen LogP contribution in [0.15, 0.2) is 4.34 Å². The molecule has 0 aliphatic heterocycles. The van der Waals surface area contributed by atoms with Crippen LogP contribution < -0.4 is 0 Å². The number of halogens is 1. The van der Waals surface area contributed by atoms with Crippen molar-refractivity contribution < 1.29 is 0 Å². The molecule has 0 aliphatic rings. The maximum absolute atomic E-state index is 5.86. The fraction of sp³-hybridized carbons (Fsp3) is 0.333. The Balaban J connectivity index is 1.98. The molecule has 2 aromatic rings. The summed E-state index contributed by atoms with van der Waals surface area (Å²) in [5.41, 5.74) is 0.814. The summed E-state index contributed by atoms with van der Waals surface area (Å²) < 4.78 is 9.42. The summed E-state index contributed by atoms with van der Waals surface area (Å²) in [4.78, 5) is 4.22. The first kappa shape index (κ1) is 10.3. The van der Waals surface area contributed by atoms with Crippen molar-refractivity contribution in [2.75, 3.05) is 0 Å². The van der Waals surface area contributed by atoms with Crippen LogP contribution in [0, 0.1) is 6.92 Å². The van der Waals surface area contributed by atoms with Crippen LogP contribution in [0.25, 0.3) is 0 Å². The third-order valence-corrected chi connectivity index (χ3v) is 4.27. The van der Waals surface area contributed by atoms with Gasteiger partial charge in [-0.15, -0.1) is 5.10 Å². The molecule has 0 bridgehead atoms. The van der Waals surface area contributed by atoms with Gasteiger partial charge in [-0.25, -0.2) is 4.98 Å². The van der Waals surface area contributed by atoms with Gasteiger partial charge in [-0.3, -0.25) is 0 Å². The molecule has 0 N–H and O–H groups in total. The summed E-state index contributed by atoms with van der Waals surface area (Å²) in [6.45, 7) is 1.87. The van der Waals surface area contributed by atoms with Gasteiger partial charge in [0.2, 0.25) is 0 Å². The first-order valence-electron chi connectivity index (χ1n) is 3.65. The van der Waals surface area contributed by atoms with Crippen LogP contribution in [0.2, 0.25) is 4.34 Å². The van der Waals surface area contributed by atoms with Crippen LogP contribution in [-0.4, -0.2) is 18.9 Å². The van der Waals surface area contributed by atoms with Crippen LogP contribution in [0.3, 0.4) is 0 Å². The Labute approximate surface area is 98.1 Å². The number of rotatable bonds is 3. The van der Waals surface area contributed by atoms with Crippen molar-refractivity contribution in [3.05, 3.63) is 15.9 Å². The average Bonchev–Trinajstić information content (AvgIpc) is 2.72. The van der Waals surface area contributed by atoms with Gasteiger partial charge >= 0.3 is 0 Å². The Kier molecular flexibility index (Phi) is 3.32. The van der Waals surface area contributed by atoms with Crippen LogP contribution in [0.5, 0.6) is 0 Å². The Morgan fingerprint density at radius 2 is 2.29 bits per heavy atom. The van der Waals surface area contributed by atoms with E-state index in [1.165, 1.54) is 23.1 Å². The van der Waals surface area contributed by atoms with Crippen molar-refractivity contribution in [3.8, 4) is 0 Å². The first-order chi connectivity index (χ1) is 6.75. The van der Waals surface area contributed by atoms with E-state index in [1.807, 2.05) is 6.92 Å². The lowest BCUT2D eigenvalue weighted by Gasteiger charge is -1.91. The Hall–Kier alpha value is -0.240. The van der Waals surface area contributed by atoms with Crippen LogP contribution >= 0.6 is 46.4 Å². The molecule has 0 spiro atoms. The predicted octanol–water partition coefficient (Wildman–Crippen LogP) is 2.64. The Morgan fingerprint density at radius 3 is 2.86 bits per heavy atom. The standard InChI is InChI=1S/C6H5ClN4S3/c1-3-8-6(14-10-3)12-2-4-5(7)13-11-9-4/h2H2,1H3. The molecule has 8 heteroatoms. The Morgan fingerprint density at radius 1 is 1.43 bits per heavy atom. The van der Waals surface area contributed by atoms with E-state index in [0.717, 1.165) is 15.9 Å². The van der Waals surface area contributed by atoms with Gasteiger partial charge < -0.3 is 0 Å². The minimum atomic E-state index is 0.652. The molecule has 2 rings (SSSR count). The summed E-state index contributed by atoms with van der Waals surface area (Å²) in [6, 6.07) is 0. The topological polar surface area (TPSA) is 51.6 Å². The molecule has 0 aromatic carbocycles. The maximum atomic E-state index is 5.86. The quantitative estimate of drug-likeness (QED) is 0.798. The molecule has 0 aliphatic carbocycles. The molecule has 0 saturated carbocycles. The molecule has 74 valence electrons. The zero-order chi connectivity index (χ0) is 9.97. The first-order valence-corrected chi connectivity index (χ1v) is 6.56. The second-order valence-electron chi connectivity index (χ2n) is 2.39. The van der Waals surface area contributed by atoms with Crippen molar-refractivity contribution in [3.63, 3.8) is 0 Å². The van der Waals surface area contributed by atoms with Crippen molar-refractivity contribution in [1.29, 1.82) is 0 Å². The van der Waals surface area contributed by atoms with Gasteiger partial charge in [0.1, 0.15) is 15.9 Å². The van der Waals surface area contributed by atoms with Gasteiger partial charge in [0.15, 0.2) is 4.34 Å². The highest BCUT2D eigenvalue weighted by Crippen LogP contribution is 2.27. The average molecular weight is 265 g/mol. The van der Waals surface area contributed by atoms with Gasteiger partial charge in [0.05, 0.1) is 0 Å². The number of aromatic nitrogens is 4. The van der Waals surface area contributed by atoms with Crippen molar-refractivity contribution in [2.24, 2.45) is 0 Å². The van der Waals surface area contributed by atoms with E-state index >= 15 is 0 Å². The van der Waals surface area contributed by atoms with Crippen LogP contribution in [0.1, 0.15) is 11.5 Å². The van der Waals surface area contributed by atoms with E-state index in [1.54, 1.807) is 11.8 Å². The van der Waals surface area contributed by atoms with Crippen molar-refractivity contribution >= 4 is 46.4 Å². The fourth-order valence-corrected chi connectivity index (χ4v) is 3.13. The largest absolute Gasteiger partial charge is 0.213 e. The van der Waals surface area contributed by atoms with Crippen LogP contribution in [-0.2, 0) is 5.75 Å². The molecular weight excluding hydrogens is 260 g/mol. The van der Waals surface area contributed by atoms with Gasteiger partial charge in [-0.1, -0.05) is 27.9 Å². The van der Waals surface area contributed by atoms with Crippen molar-refractivity contribution in [2.45, 2.75) is 17.0 Å². The Bertz CT molecular complexity index is 426. The minimum absolute atomic E-state index is 0.652. The number of hydrogen-bond acceptors (Lipinski definition) is 7. The smallest absolute Gasteiger partial charge is 0.170 e. The lowest BCUT2D eigenvalue weighted by Crippen LogP contribution is -1.81. The number of aryl methyl sites for hydroxylation is 1. The minimum Gasteiger partial charge on any atom is -0.213 e. The highest BCUT2D eigenvalue weighted by Gasteiger charge is 2.07. The normalized spacial score (nSPS) is 10.7. The zero-order valence-electron chi connectivity index (χ0n) is 7.10. The molecule has 0 unspecified atom stereocenters. The monoisotopic (exact) mass is 264 g/mol. The molecule has 2 heterocycles. The van der Waals surface area contributed by atoms with Gasteiger partial charge in [0, 0.05) is 17.3 Å². The lowest BCUT2D eigenvalue weighted by molar-refractivity contribution is 1.07. The van der Waals surface area contributed by atoms with Crippen LogP contribution in [0.4, 0.5) is 0 Å². The second-order valence-corrected chi connectivity index (χ2v) is 5.72. The lowest BCUT2D eigenvalue weighted by atomic mass is 10.6. The maximum Gasteiger partial charge on any atom is 0.170 e. The number of thioether (sulfide) groups is 1. The highest BCUT2D eigenvalue weighted by atomic mass is 35.5. The molecule has 0 radical (unpaired) electrons. The summed E-state index contributed by atoms with van der Waals surface area (Å²) in [5.74, 6) is 1.50. The van der Waals surface area contributed by atoms with Crippen molar-refractivity contribution in [1.82, 2.24) is 18.9 Å². The van der Waals surface area contributed by atoms with E-state index < -0.39 is 0 Å². The third kappa shape index (κ3) is 2.41. The third-order valence-electron chi connectivity index (χ3n) is 1.35. The molecule has 0 amide bonds. The molecule has 0 fully saturated rings. The predicted molar refractivity (Wildman–Crippen MR) is 59.1 cm³/mol. The van der Waals surface area contributed by atoms with Gasteiger partial charge in [-0.05, 0) is 18.5 Å². The molecule has 14 heavy (non-hydrogen) atoms. The SMILES string of the molecule is Cc1nsc(SCc2nnsc2Cl)n1.